The van der Waals surface area contributed by atoms with E-state index in [1.165, 1.54) is 6.42 Å². The van der Waals surface area contributed by atoms with Crippen LogP contribution in [-0.2, 0) is 18.4 Å². The van der Waals surface area contributed by atoms with Crippen molar-refractivity contribution in [3.8, 4) is 0 Å². The number of nitrogens with zero attached hydrogens (tertiary/aromatic N) is 1. The van der Waals surface area contributed by atoms with Crippen molar-refractivity contribution in [2.75, 3.05) is 40.9 Å². The summed E-state index contributed by atoms with van der Waals surface area (Å²) in [6.45, 7) is 4.50. The molecule has 274 valence electrons. The van der Waals surface area contributed by atoms with Crippen molar-refractivity contribution in [2.24, 2.45) is 0 Å². The van der Waals surface area contributed by atoms with E-state index in [9.17, 15) is 19.4 Å². The third-order valence-electron chi connectivity index (χ3n) is 7.06. The third-order valence-corrected chi connectivity index (χ3v) is 8.04. The number of phosphoric ester groups is 1. The molecule has 8 nitrogen and oxygen atoms in total. The van der Waals surface area contributed by atoms with E-state index in [0.29, 0.717) is 17.4 Å². The lowest BCUT2D eigenvalue weighted by molar-refractivity contribution is -0.870. The van der Waals surface area contributed by atoms with Gasteiger partial charge in [0.15, 0.2) is 0 Å². The van der Waals surface area contributed by atoms with E-state index in [2.05, 4.69) is 92.1 Å². The van der Waals surface area contributed by atoms with Crippen LogP contribution < -0.4 is 5.32 Å². The number of rotatable bonds is 30. The van der Waals surface area contributed by atoms with Crippen molar-refractivity contribution in [1.29, 1.82) is 0 Å². The average Bonchev–Trinajstić information content (AvgIpc) is 3.02. The topological polar surface area (TPSA) is 105 Å². The number of aliphatic hydroxyl groups excluding tert-OH is 1. The Morgan fingerprint density at radius 1 is 0.729 bits per heavy atom. The van der Waals surface area contributed by atoms with Crippen LogP contribution in [0.15, 0.2) is 85.1 Å². The lowest BCUT2D eigenvalue weighted by atomic mass is 10.1. The minimum atomic E-state index is -4.35. The summed E-state index contributed by atoms with van der Waals surface area (Å²) >= 11 is 0. The van der Waals surface area contributed by atoms with Crippen molar-refractivity contribution in [3.05, 3.63) is 85.1 Å². The second-order valence-electron chi connectivity index (χ2n) is 12.8. The molecule has 0 aliphatic rings. The predicted molar refractivity (Wildman–Crippen MR) is 203 cm³/mol. The Hall–Kier alpha value is -2.32. The fourth-order valence-corrected chi connectivity index (χ4v) is 4.92. The molecule has 0 saturated carbocycles. The van der Waals surface area contributed by atoms with Gasteiger partial charge < -0.3 is 19.8 Å². The van der Waals surface area contributed by atoms with Gasteiger partial charge in [-0.3, -0.25) is 13.8 Å². The van der Waals surface area contributed by atoms with E-state index >= 15 is 0 Å². The Labute approximate surface area is 293 Å². The maximum Gasteiger partial charge on any atom is 0.472 e. The molecule has 3 unspecified atom stereocenters. The number of carbonyl (C=O) groups excluding carboxylic acids is 1. The van der Waals surface area contributed by atoms with Gasteiger partial charge in [0.25, 0.3) is 0 Å². The fourth-order valence-electron chi connectivity index (χ4n) is 4.18. The first-order valence-electron chi connectivity index (χ1n) is 18.0. The second-order valence-corrected chi connectivity index (χ2v) is 14.3. The molecular formula is C39H68N2O6P+. The number of hydrogen-bond donors (Lipinski definition) is 3. The molecule has 3 atom stereocenters. The van der Waals surface area contributed by atoms with E-state index in [0.717, 1.165) is 70.6 Å². The average molecular weight is 692 g/mol. The van der Waals surface area contributed by atoms with Crippen LogP contribution >= 0.6 is 7.82 Å². The highest BCUT2D eigenvalue weighted by Crippen LogP contribution is 2.43. The molecule has 0 aliphatic carbocycles. The van der Waals surface area contributed by atoms with Crippen LogP contribution in [0.5, 0.6) is 0 Å². The SMILES string of the molecule is CC/C=C\C/C=C\C/C=C\C/C=C\CCCCC(=O)NC(COP(=O)(O)OCC[N+](C)(C)C)C(O)/C=C/CC/C=C/CC/C=C/CCC. The van der Waals surface area contributed by atoms with Crippen molar-refractivity contribution >= 4 is 13.7 Å². The van der Waals surface area contributed by atoms with E-state index in [1.807, 2.05) is 27.2 Å². The highest BCUT2D eigenvalue weighted by molar-refractivity contribution is 7.47. The molecule has 48 heavy (non-hydrogen) atoms. The van der Waals surface area contributed by atoms with Crippen LogP contribution in [0.1, 0.15) is 104 Å². The van der Waals surface area contributed by atoms with Gasteiger partial charge in [-0.15, -0.1) is 0 Å². The minimum absolute atomic E-state index is 0.0403. The first-order chi connectivity index (χ1) is 23.0. The number of carbonyl (C=O) groups is 1. The maximum atomic E-state index is 12.7. The van der Waals surface area contributed by atoms with Crippen LogP contribution in [-0.4, -0.2) is 73.4 Å². The number of likely N-dealkylation sites (N-methyl/N-ethyl adjacent to an activating group) is 1. The Morgan fingerprint density at radius 3 is 1.81 bits per heavy atom. The second kappa shape index (κ2) is 30.7. The normalized spacial score (nSPS) is 15.7. The number of phosphoric acid groups is 1. The number of hydrogen-bond acceptors (Lipinski definition) is 5. The quantitative estimate of drug-likeness (QED) is 0.0301. The molecule has 0 fully saturated rings. The van der Waals surface area contributed by atoms with Crippen LogP contribution in [0.25, 0.3) is 0 Å². The molecule has 0 saturated heterocycles. The summed E-state index contributed by atoms with van der Waals surface area (Å²) in [5.41, 5.74) is 0. The Balaban J connectivity index is 4.73. The zero-order valence-corrected chi connectivity index (χ0v) is 31.6. The molecule has 0 rings (SSSR count). The standard InChI is InChI=1S/C39H67N2O6P/c1-6-8-10-12-14-16-18-19-20-21-23-25-27-29-31-33-39(43)40-37(36-47-48(44,45)46-35-34-41(3,4)5)38(42)32-30-28-26-24-22-17-15-13-11-9-7-2/h8,10-11,13-14,16,19-20,22-25,30,32,37-38,42H,6-7,9,12,15,17-18,21,26-29,31,33-36H2,1-5H3,(H-,40,43,44,45)/p+1/b10-8-,13-11+,16-14-,20-19-,24-22+,25-23-,32-30+. The molecule has 0 aromatic carbocycles. The highest BCUT2D eigenvalue weighted by Gasteiger charge is 2.27. The van der Waals surface area contributed by atoms with Crippen molar-refractivity contribution in [3.63, 3.8) is 0 Å². The first kappa shape index (κ1) is 45.7. The summed E-state index contributed by atoms with van der Waals surface area (Å²) in [4.78, 5) is 22.9. The number of unbranched alkanes of at least 4 members (excludes halogenated alkanes) is 5. The summed E-state index contributed by atoms with van der Waals surface area (Å²) in [6.07, 6.45) is 40.9. The summed E-state index contributed by atoms with van der Waals surface area (Å²) < 4.78 is 23.3. The predicted octanol–water partition coefficient (Wildman–Crippen LogP) is 9.07. The smallest absolute Gasteiger partial charge is 0.387 e. The Bertz CT molecular complexity index is 1060. The lowest BCUT2D eigenvalue weighted by Gasteiger charge is -2.25. The maximum absolute atomic E-state index is 12.7. The van der Waals surface area contributed by atoms with Crippen LogP contribution in [0.3, 0.4) is 0 Å². The van der Waals surface area contributed by atoms with Gasteiger partial charge in [0.2, 0.25) is 5.91 Å². The summed E-state index contributed by atoms with van der Waals surface area (Å²) in [7, 11) is 1.49. The minimum Gasteiger partial charge on any atom is -0.387 e. The fraction of sp³-hybridized carbons (Fsp3) is 0.615. The molecule has 0 spiro atoms. The molecule has 0 heterocycles. The van der Waals surface area contributed by atoms with Gasteiger partial charge in [0, 0.05) is 6.42 Å². The van der Waals surface area contributed by atoms with Crippen LogP contribution in [0.2, 0.25) is 0 Å². The van der Waals surface area contributed by atoms with Gasteiger partial charge >= 0.3 is 7.82 Å². The van der Waals surface area contributed by atoms with Crippen molar-refractivity contribution in [1.82, 2.24) is 5.32 Å². The van der Waals surface area contributed by atoms with E-state index in [-0.39, 0.29) is 25.5 Å². The van der Waals surface area contributed by atoms with Gasteiger partial charge in [0.1, 0.15) is 13.2 Å². The lowest BCUT2D eigenvalue weighted by Crippen LogP contribution is -2.45. The molecule has 9 heteroatoms. The molecule has 0 aromatic rings. The molecular weight excluding hydrogens is 623 g/mol. The van der Waals surface area contributed by atoms with Gasteiger partial charge in [-0.2, -0.15) is 0 Å². The van der Waals surface area contributed by atoms with Crippen LogP contribution in [0.4, 0.5) is 0 Å². The number of quaternary nitrogens is 1. The monoisotopic (exact) mass is 691 g/mol. The van der Waals surface area contributed by atoms with Crippen molar-refractivity contribution in [2.45, 2.75) is 116 Å². The molecule has 3 N–H and O–H groups in total. The van der Waals surface area contributed by atoms with Crippen molar-refractivity contribution < 1.29 is 32.9 Å². The Kier molecular flexibility index (Phi) is 29.2. The van der Waals surface area contributed by atoms with Gasteiger partial charge in [-0.1, -0.05) is 105 Å². The number of nitrogens with one attached hydrogen (secondary N) is 1. The summed E-state index contributed by atoms with van der Waals surface area (Å²) in [5.74, 6) is -0.240. The number of amides is 1. The zero-order valence-electron chi connectivity index (χ0n) is 30.7. The molecule has 0 radical (unpaired) electrons. The Morgan fingerprint density at radius 2 is 1.25 bits per heavy atom. The summed E-state index contributed by atoms with van der Waals surface area (Å²) in [6, 6.07) is -0.893. The molecule has 0 bridgehead atoms. The van der Waals surface area contributed by atoms with E-state index < -0.39 is 20.0 Å². The first-order valence-corrected chi connectivity index (χ1v) is 19.5. The van der Waals surface area contributed by atoms with Gasteiger partial charge in [-0.25, -0.2) is 4.57 Å². The number of aliphatic hydroxyl groups is 1. The molecule has 0 aliphatic heterocycles. The largest absolute Gasteiger partial charge is 0.472 e. The highest BCUT2D eigenvalue weighted by atomic mass is 31.2. The number of allylic oxidation sites excluding steroid dienone is 13. The van der Waals surface area contributed by atoms with Gasteiger partial charge in [-0.05, 0) is 77.0 Å². The zero-order chi connectivity index (χ0) is 35.8. The van der Waals surface area contributed by atoms with Gasteiger partial charge in [0.05, 0.1) is 39.9 Å². The molecule has 1 amide bonds. The third kappa shape index (κ3) is 32.2. The summed E-state index contributed by atoms with van der Waals surface area (Å²) in [5, 5.41) is 13.6. The van der Waals surface area contributed by atoms with E-state index in [1.54, 1.807) is 6.08 Å². The molecule has 0 aromatic heterocycles. The van der Waals surface area contributed by atoms with Crippen LogP contribution in [0, 0.1) is 0 Å². The van der Waals surface area contributed by atoms with E-state index in [4.69, 9.17) is 9.05 Å².